The molecule has 2 atom stereocenters. The van der Waals surface area contributed by atoms with E-state index in [1.54, 1.807) is 13.5 Å². The van der Waals surface area contributed by atoms with Crippen molar-refractivity contribution in [2.75, 3.05) is 13.7 Å². The molecule has 1 heteroatoms. The summed E-state index contributed by atoms with van der Waals surface area (Å²) in [6.07, 6.45) is 21.8. The van der Waals surface area contributed by atoms with Gasteiger partial charge in [-0.05, 0) is 24.7 Å². The Morgan fingerprint density at radius 3 is 1.67 bits per heavy atom. The predicted octanol–water partition coefficient (Wildman–Crippen LogP) is 6.75. The molecule has 21 heavy (non-hydrogen) atoms. The fourth-order valence-corrected chi connectivity index (χ4v) is 3.56. The summed E-state index contributed by atoms with van der Waals surface area (Å²) in [5.74, 6) is 2.22. The zero-order valence-corrected chi connectivity index (χ0v) is 14.9. The molecule has 2 unspecified atom stereocenters. The summed E-state index contributed by atoms with van der Waals surface area (Å²) in [6.45, 7) is 3.25. The van der Waals surface area contributed by atoms with Crippen LogP contribution in [0.15, 0.2) is 0 Å². The molecule has 0 aliphatic heterocycles. The summed E-state index contributed by atoms with van der Waals surface area (Å²) < 4.78 is 5.09. The summed E-state index contributed by atoms with van der Waals surface area (Å²) in [7, 11) is 1.81. The molecular weight excluding hydrogens is 256 g/mol. The van der Waals surface area contributed by atoms with E-state index in [9.17, 15) is 0 Å². The van der Waals surface area contributed by atoms with Gasteiger partial charge >= 0.3 is 0 Å². The van der Waals surface area contributed by atoms with E-state index in [0.717, 1.165) is 18.4 Å². The summed E-state index contributed by atoms with van der Waals surface area (Å²) in [6, 6.07) is 0. The third-order valence-electron chi connectivity index (χ3n) is 5.17. The molecule has 0 heterocycles. The first kappa shape index (κ1) is 19.0. The van der Waals surface area contributed by atoms with E-state index in [1.165, 1.54) is 89.9 Å². The SMILES string of the molecule is CCCCCCCCCCC1CC1CCCCCCOC. The lowest BCUT2D eigenvalue weighted by Gasteiger charge is -2.03. The van der Waals surface area contributed by atoms with Gasteiger partial charge in [0.25, 0.3) is 0 Å². The van der Waals surface area contributed by atoms with Crippen LogP contribution in [0.25, 0.3) is 0 Å². The highest BCUT2D eigenvalue weighted by atomic mass is 16.5. The molecule has 1 fully saturated rings. The third kappa shape index (κ3) is 11.2. The zero-order valence-electron chi connectivity index (χ0n) is 14.9. The van der Waals surface area contributed by atoms with Crippen molar-refractivity contribution in [1.29, 1.82) is 0 Å². The van der Waals surface area contributed by atoms with Crippen LogP contribution in [0, 0.1) is 11.8 Å². The van der Waals surface area contributed by atoms with E-state index in [4.69, 9.17) is 4.74 Å². The van der Waals surface area contributed by atoms with Crippen molar-refractivity contribution < 1.29 is 4.74 Å². The second-order valence-corrected chi connectivity index (χ2v) is 7.22. The van der Waals surface area contributed by atoms with Crippen molar-refractivity contribution in [3.05, 3.63) is 0 Å². The van der Waals surface area contributed by atoms with Gasteiger partial charge < -0.3 is 4.74 Å². The molecule has 1 aliphatic rings. The van der Waals surface area contributed by atoms with Gasteiger partial charge in [0, 0.05) is 13.7 Å². The van der Waals surface area contributed by atoms with Crippen LogP contribution in [0.3, 0.4) is 0 Å². The van der Waals surface area contributed by atoms with Gasteiger partial charge in [-0.1, -0.05) is 90.4 Å². The monoisotopic (exact) mass is 296 g/mol. The Morgan fingerprint density at radius 2 is 1.14 bits per heavy atom. The van der Waals surface area contributed by atoms with Gasteiger partial charge in [-0.25, -0.2) is 0 Å². The van der Waals surface area contributed by atoms with Crippen LogP contribution in [0.2, 0.25) is 0 Å². The third-order valence-corrected chi connectivity index (χ3v) is 5.17. The van der Waals surface area contributed by atoms with Crippen molar-refractivity contribution in [1.82, 2.24) is 0 Å². The van der Waals surface area contributed by atoms with Gasteiger partial charge in [0.2, 0.25) is 0 Å². The molecule has 0 amide bonds. The first-order valence-corrected chi connectivity index (χ1v) is 9.87. The average Bonchev–Trinajstić information content (AvgIpc) is 3.24. The molecule has 1 aliphatic carbocycles. The number of ether oxygens (including phenoxy) is 1. The molecule has 0 aromatic carbocycles. The Bertz CT molecular complexity index is 214. The number of hydrogen-bond donors (Lipinski definition) is 0. The Kier molecular flexibility index (Phi) is 12.3. The van der Waals surface area contributed by atoms with Gasteiger partial charge in [0.05, 0.1) is 0 Å². The summed E-state index contributed by atoms with van der Waals surface area (Å²) >= 11 is 0. The van der Waals surface area contributed by atoms with Crippen LogP contribution in [-0.2, 0) is 4.74 Å². The molecule has 126 valence electrons. The molecule has 0 spiro atoms. The van der Waals surface area contributed by atoms with Crippen molar-refractivity contribution in [3.8, 4) is 0 Å². The van der Waals surface area contributed by atoms with E-state index in [0.29, 0.717) is 0 Å². The zero-order chi connectivity index (χ0) is 15.2. The lowest BCUT2D eigenvalue weighted by atomic mass is 10.0. The molecule has 0 radical (unpaired) electrons. The summed E-state index contributed by atoms with van der Waals surface area (Å²) in [5.41, 5.74) is 0. The lowest BCUT2D eigenvalue weighted by Crippen LogP contribution is -1.89. The van der Waals surface area contributed by atoms with E-state index < -0.39 is 0 Å². The van der Waals surface area contributed by atoms with Gasteiger partial charge in [-0.3, -0.25) is 0 Å². The van der Waals surface area contributed by atoms with Gasteiger partial charge in [0.1, 0.15) is 0 Å². The fourth-order valence-electron chi connectivity index (χ4n) is 3.56. The van der Waals surface area contributed by atoms with Crippen molar-refractivity contribution in [3.63, 3.8) is 0 Å². The van der Waals surface area contributed by atoms with Crippen LogP contribution in [-0.4, -0.2) is 13.7 Å². The minimum Gasteiger partial charge on any atom is -0.385 e. The Morgan fingerprint density at radius 1 is 0.667 bits per heavy atom. The van der Waals surface area contributed by atoms with Crippen LogP contribution < -0.4 is 0 Å². The minimum absolute atomic E-state index is 0.949. The predicted molar refractivity (Wildman–Crippen MR) is 93.8 cm³/mol. The molecule has 1 saturated carbocycles. The molecule has 0 saturated heterocycles. The van der Waals surface area contributed by atoms with Crippen molar-refractivity contribution in [2.45, 2.75) is 103 Å². The second-order valence-electron chi connectivity index (χ2n) is 7.22. The Balaban J connectivity index is 1.74. The molecule has 0 aromatic heterocycles. The van der Waals surface area contributed by atoms with Crippen molar-refractivity contribution in [2.24, 2.45) is 11.8 Å². The van der Waals surface area contributed by atoms with Crippen LogP contribution >= 0.6 is 0 Å². The van der Waals surface area contributed by atoms with E-state index in [-0.39, 0.29) is 0 Å². The maximum Gasteiger partial charge on any atom is 0.0462 e. The molecule has 0 aromatic rings. The van der Waals surface area contributed by atoms with Gasteiger partial charge in [-0.2, -0.15) is 0 Å². The quantitative estimate of drug-likeness (QED) is 0.286. The maximum atomic E-state index is 5.09. The molecular formula is C20H40O. The van der Waals surface area contributed by atoms with E-state index >= 15 is 0 Å². The van der Waals surface area contributed by atoms with Crippen molar-refractivity contribution >= 4 is 0 Å². The first-order valence-electron chi connectivity index (χ1n) is 9.87. The average molecular weight is 297 g/mol. The first-order chi connectivity index (χ1) is 10.4. The summed E-state index contributed by atoms with van der Waals surface area (Å²) in [4.78, 5) is 0. The fraction of sp³-hybridized carbons (Fsp3) is 1.00. The number of methoxy groups -OCH3 is 1. The summed E-state index contributed by atoms with van der Waals surface area (Å²) in [5, 5.41) is 0. The highest BCUT2D eigenvalue weighted by molar-refractivity contribution is 4.85. The minimum atomic E-state index is 0.949. The number of hydrogen-bond acceptors (Lipinski definition) is 1. The smallest absolute Gasteiger partial charge is 0.0462 e. The Labute approximate surface area is 134 Å². The van der Waals surface area contributed by atoms with Gasteiger partial charge in [-0.15, -0.1) is 0 Å². The second kappa shape index (κ2) is 13.6. The normalized spacial score (nSPS) is 20.9. The van der Waals surface area contributed by atoms with E-state index in [1.807, 2.05) is 0 Å². The largest absolute Gasteiger partial charge is 0.385 e. The molecule has 0 N–H and O–H groups in total. The van der Waals surface area contributed by atoms with Gasteiger partial charge in [0.15, 0.2) is 0 Å². The Hall–Kier alpha value is -0.0400. The van der Waals surface area contributed by atoms with Crippen LogP contribution in [0.4, 0.5) is 0 Å². The highest BCUT2D eigenvalue weighted by Crippen LogP contribution is 2.45. The van der Waals surface area contributed by atoms with Crippen LogP contribution in [0.5, 0.6) is 0 Å². The van der Waals surface area contributed by atoms with Crippen LogP contribution in [0.1, 0.15) is 103 Å². The number of rotatable bonds is 16. The highest BCUT2D eigenvalue weighted by Gasteiger charge is 2.34. The lowest BCUT2D eigenvalue weighted by molar-refractivity contribution is 0.192. The molecule has 1 nitrogen and oxygen atoms in total. The molecule has 1 rings (SSSR count). The van der Waals surface area contributed by atoms with E-state index in [2.05, 4.69) is 6.92 Å². The standard InChI is InChI=1S/C20H40O/c1-3-4-5-6-7-8-9-12-15-19-18-20(19)16-13-10-11-14-17-21-2/h19-20H,3-18H2,1-2H3. The maximum absolute atomic E-state index is 5.09. The molecule has 0 bridgehead atoms. The topological polar surface area (TPSA) is 9.23 Å². The number of unbranched alkanes of at least 4 members (excludes halogenated alkanes) is 10.